The Kier molecular flexibility index (Phi) is 4.23. The lowest BCUT2D eigenvalue weighted by atomic mass is 10.2. The third-order valence-electron chi connectivity index (χ3n) is 0.659. The molecule has 5 heteroatoms. The number of carbonyl (C=O) groups is 3. The number of hydrogen-bond acceptors (Lipinski definition) is 4. The van der Waals surface area contributed by atoms with Crippen molar-refractivity contribution in [3.8, 4) is 0 Å². The molecular formula is C5H4O4S. The van der Waals surface area contributed by atoms with Crippen LogP contribution in [0, 0.1) is 0 Å². The summed E-state index contributed by atoms with van der Waals surface area (Å²) in [4.78, 5) is 30.2. The van der Waals surface area contributed by atoms with Gasteiger partial charge in [-0.1, -0.05) is 0 Å². The highest BCUT2D eigenvalue weighted by atomic mass is 32.1. The molecule has 0 aromatic carbocycles. The monoisotopic (exact) mass is 160 g/mol. The van der Waals surface area contributed by atoms with Gasteiger partial charge in [0.1, 0.15) is 0 Å². The molecule has 0 N–H and O–H groups in total. The molecule has 0 aliphatic rings. The molecule has 0 radical (unpaired) electrons. The molecule has 0 bridgehead atoms. The topological polar surface area (TPSA) is 68.3 Å². The zero-order chi connectivity index (χ0) is 7.98. The van der Waals surface area contributed by atoms with Crippen LogP contribution in [0.5, 0.6) is 0 Å². The van der Waals surface area contributed by atoms with Gasteiger partial charge in [0, 0.05) is 0 Å². The normalized spacial score (nSPS) is 8.00. The van der Waals surface area contributed by atoms with E-state index in [9.17, 15) is 18.6 Å². The Morgan fingerprint density at radius 3 is 2.30 bits per heavy atom. The maximum Gasteiger partial charge on any atom is 0.202 e. The lowest BCUT2D eigenvalue weighted by molar-refractivity contribution is -0.131. The molecule has 0 saturated heterocycles. The Morgan fingerprint density at radius 2 is 1.90 bits per heavy atom. The van der Waals surface area contributed by atoms with Crippen LogP contribution in [0.25, 0.3) is 0 Å². The highest BCUT2D eigenvalue weighted by molar-refractivity contribution is 7.66. The first-order valence-corrected chi connectivity index (χ1v) is 3.14. The number of ketones is 2. The molecule has 0 aliphatic heterocycles. The Morgan fingerprint density at radius 1 is 1.30 bits per heavy atom. The van der Waals surface area contributed by atoms with Gasteiger partial charge in [-0.2, -0.15) is 0 Å². The molecule has 0 aromatic heterocycles. The zero-order valence-electron chi connectivity index (χ0n) is 4.90. The third-order valence-corrected chi connectivity index (χ3v) is 1.02. The van der Waals surface area contributed by atoms with Gasteiger partial charge in [-0.05, 0) is 0 Å². The van der Waals surface area contributed by atoms with E-state index in [1.54, 1.807) is 0 Å². The minimum atomic E-state index is -0.810. The van der Waals surface area contributed by atoms with Crippen molar-refractivity contribution < 1.29 is 18.6 Å². The second-order valence-corrected chi connectivity index (χ2v) is 1.87. The van der Waals surface area contributed by atoms with E-state index in [2.05, 4.69) is 0 Å². The first-order valence-electron chi connectivity index (χ1n) is 2.33. The molecule has 54 valence electrons. The molecule has 0 saturated carbocycles. The van der Waals surface area contributed by atoms with Gasteiger partial charge in [-0.3, -0.25) is 14.4 Å². The molecule has 0 rings (SSSR count). The van der Waals surface area contributed by atoms with Crippen molar-refractivity contribution in [1.82, 2.24) is 0 Å². The lowest BCUT2D eigenvalue weighted by Crippen LogP contribution is -2.08. The van der Waals surface area contributed by atoms with Gasteiger partial charge < -0.3 is 0 Å². The van der Waals surface area contributed by atoms with Gasteiger partial charge in [0.15, 0.2) is 12.1 Å². The van der Waals surface area contributed by atoms with Crippen LogP contribution in [0.15, 0.2) is 0 Å². The molecule has 0 spiro atoms. The summed E-state index contributed by atoms with van der Waals surface area (Å²) in [6.45, 7) is 0. The van der Waals surface area contributed by atoms with E-state index >= 15 is 0 Å². The van der Waals surface area contributed by atoms with Crippen molar-refractivity contribution in [1.29, 1.82) is 0 Å². The summed E-state index contributed by atoms with van der Waals surface area (Å²) in [7, 11) is 0. The highest BCUT2D eigenvalue weighted by Crippen LogP contribution is 1.78. The molecule has 0 amide bonds. The molecule has 4 nitrogen and oxygen atoms in total. The molecule has 10 heavy (non-hydrogen) atoms. The summed E-state index contributed by atoms with van der Waals surface area (Å²) in [5.74, 6) is -1.44. The van der Waals surface area contributed by atoms with Crippen molar-refractivity contribution in [2.45, 2.75) is 6.42 Å². The quantitative estimate of drug-likeness (QED) is 0.222. The average Bonchev–Trinajstić information content (AvgIpc) is 1.88. The molecule has 0 fully saturated rings. The largest absolute Gasteiger partial charge is 0.295 e. The van der Waals surface area contributed by atoms with E-state index in [1.165, 1.54) is 0 Å². The van der Waals surface area contributed by atoms with Crippen LogP contribution in [-0.4, -0.2) is 27.4 Å². The van der Waals surface area contributed by atoms with Crippen molar-refractivity contribution in [2.75, 3.05) is 0 Å². The van der Waals surface area contributed by atoms with E-state index in [4.69, 9.17) is 0 Å². The summed E-state index contributed by atoms with van der Waals surface area (Å²) >= 11 is -0.0305. The summed E-state index contributed by atoms with van der Waals surface area (Å²) in [6, 6.07) is 0. The van der Waals surface area contributed by atoms with Crippen molar-refractivity contribution in [3.05, 3.63) is 0 Å². The predicted octanol–water partition coefficient (Wildman–Crippen LogP) is -1.27. The van der Waals surface area contributed by atoms with Gasteiger partial charge in [0.2, 0.25) is 5.78 Å². The Hall–Kier alpha value is -1.10. The Bertz CT molecular complexity index is 214. The molecule has 0 aromatic rings. The number of aldehydes is 1. The lowest BCUT2D eigenvalue weighted by Gasteiger charge is -1.81. The summed E-state index contributed by atoms with van der Waals surface area (Å²) < 4.78 is 9.65. The van der Waals surface area contributed by atoms with Gasteiger partial charge >= 0.3 is 0 Å². The molecule has 0 atom stereocenters. The van der Waals surface area contributed by atoms with E-state index in [-0.39, 0.29) is 17.5 Å². The second kappa shape index (κ2) is 4.75. The van der Waals surface area contributed by atoms with Crippen molar-refractivity contribution in [2.24, 2.45) is 0 Å². The first kappa shape index (κ1) is 8.90. The SMILES string of the molecule is O=CC(=O)CC(=O)C=S=O. The van der Waals surface area contributed by atoms with Gasteiger partial charge in [0.05, 0.1) is 23.0 Å². The van der Waals surface area contributed by atoms with Gasteiger partial charge in [-0.25, -0.2) is 4.21 Å². The second-order valence-electron chi connectivity index (χ2n) is 1.44. The van der Waals surface area contributed by atoms with E-state index in [1.807, 2.05) is 0 Å². The van der Waals surface area contributed by atoms with Crippen molar-refractivity contribution >= 4 is 34.5 Å². The molecule has 0 unspecified atom stereocenters. The number of hydrogen-bond donors (Lipinski definition) is 0. The van der Waals surface area contributed by atoms with Crippen LogP contribution in [0.4, 0.5) is 0 Å². The fourth-order valence-corrected chi connectivity index (χ4v) is 0.499. The van der Waals surface area contributed by atoms with Crippen LogP contribution < -0.4 is 0 Å². The van der Waals surface area contributed by atoms with Gasteiger partial charge in [-0.15, -0.1) is 0 Å². The average molecular weight is 160 g/mol. The highest BCUT2D eigenvalue weighted by Gasteiger charge is 2.04. The fraction of sp³-hybridized carbons (Fsp3) is 0.200. The van der Waals surface area contributed by atoms with Crippen molar-refractivity contribution in [3.63, 3.8) is 0 Å². The van der Waals surface area contributed by atoms with Crippen LogP contribution in [0.3, 0.4) is 0 Å². The van der Waals surface area contributed by atoms with Crippen LogP contribution in [-0.2, 0) is 25.6 Å². The smallest absolute Gasteiger partial charge is 0.202 e. The first-order chi connectivity index (χ1) is 4.70. The van der Waals surface area contributed by atoms with Gasteiger partial charge in [0.25, 0.3) is 0 Å². The molecule has 0 heterocycles. The maximum absolute atomic E-state index is 10.4. The van der Waals surface area contributed by atoms with E-state index in [0.717, 1.165) is 5.37 Å². The Balaban J connectivity index is 3.91. The number of Topliss-reactive ketones (excluding diaryl/α,β-unsaturated/α-hetero) is 2. The molecule has 0 aliphatic carbocycles. The fourth-order valence-electron chi connectivity index (χ4n) is 0.309. The third kappa shape index (κ3) is 3.85. The van der Waals surface area contributed by atoms with Crippen LogP contribution in [0.1, 0.15) is 6.42 Å². The van der Waals surface area contributed by atoms with Crippen LogP contribution in [0.2, 0.25) is 0 Å². The maximum atomic E-state index is 10.4. The standard InChI is InChI=1S/C5H4O4S/c6-2-4(7)1-5(8)3-10-9/h2-3H,1H2. The number of rotatable bonds is 4. The number of carbonyl (C=O) groups excluding carboxylic acids is 3. The summed E-state index contributed by atoms with van der Waals surface area (Å²) in [5, 5.41) is 0.751. The minimum Gasteiger partial charge on any atom is -0.295 e. The molecular weight excluding hydrogens is 156 g/mol. The zero-order valence-corrected chi connectivity index (χ0v) is 5.72. The van der Waals surface area contributed by atoms with Crippen LogP contribution >= 0.6 is 0 Å². The minimum absolute atomic E-state index is 0.0305. The predicted molar refractivity (Wildman–Crippen MR) is 34.9 cm³/mol. The summed E-state index contributed by atoms with van der Waals surface area (Å²) in [5.41, 5.74) is 0. The Labute approximate surface area is 60.3 Å². The van der Waals surface area contributed by atoms with E-state index in [0.29, 0.717) is 0 Å². The van der Waals surface area contributed by atoms with E-state index < -0.39 is 18.0 Å². The summed E-state index contributed by atoms with van der Waals surface area (Å²) in [6.07, 6.45) is -0.444.